The number of urea groups is 1. The highest BCUT2D eigenvalue weighted by atomic mass is 16.4. The van der Waals surface area contributed by atoms with Crippen LogP contribution in [0.15, 0.2) is 0 Å². The number of carbonyl (C=O) groups excluding carboxylic acids is 2. The number of hydrogen-bond donors (Lipinski definition) is 4. The first-order chi connectivity index (χ1) is 8.17. The fourth-order valence-corrected chi connectivity index (χ4v) is 1.86. The number of primary amides is 1. The van der Waals surface area contributed by atoms with Crippen molar-refractivity contribution in [3.8, 4) is 0 Å². The Kier molecular flexibility index (Phi) is 3.83. The van der Waals surface area contributed by atoms with Crippen molar-refractivity contribution < 1.29 is 19.5 Å². The van der Waals surface area contributed by atoms with Crippen molar-refractivity contribution in [2.45, 2.75) is 50.6 Å². The summed E-state index contributed by atoms with van der Waals surface area (Å²) in [4.78, 5) is 33.5. The van der Waals surface area contributed by atoms with Gasteiger partial charge < -0.3 is 21.5 Å². The van der Waals surface area contributed by atoms with E-state index in [0.717, 1.165) is 6.42 Å². The van der Waals surface area contributed by atoms with Gasteiger partial charge in [-0.3, -0.25) is 9.59 Å². The van der Waals surface area contributed by atoms with Crippen molar-refractivity contribution in [1.82, 2.24) is 10.6 Å². The monoisotopic (exact) mass is 257 g/mol. The van der Waals surface area contributed by atoms with Crippen LogP contribution in [0, 0.1) is 0 Å². The molecule has 7 nitrogen and oxygen atoms in total. The predicted octanol–water partition coefficient (Wildman–Crippen LogP) is -0.0531. The van der Waals surface area contributed by atoms with Crippen LogP contribution in [0.25, 0.3) is 0 Å². The second-order valence-electron chi connectivity index (χ2n) is 5.27. The summed E-state index contributed by atoms with van der Waals surface area (Å²) in [5, 5.41) is 13.9. The lowest BCUT2D eigenvalue weighted by atomic mass is 9.74. The molecule has 0 bridgehead atoms. The van der Waals surface area contributed by atoms with Crippen molar-refractivity contribution in [2.24, 2.45) is 5.73 Å². The zero-order valence-electron chi connectivity index (χ0n) is 10.6. The summed E-state index contributed by atoms with van der Waals surface area (Å²) in [6.45, 7) is 2.97. The lowest BCUT2D eigenvalue weighted by Gasteiger charge is -2.42. The zero-order chi connectivity index (χ0) is 14.0. The number of amides is 3. The highest BCUT2D eigenvalue weighted by Crippen LogP contribution is 2.34. The van der Waals surface area contributed by atoms with E-state index in [0.29, 0.717) is 12.8 Å². The Balaban J connectivity index is 2.58. The van der Waals surface area contributed by atoms with Crippen LogP contribution < -0.4 is 16.4 Å². The zero-order valence-corrected chi connectivity index (χ0v) is 10.6. The van der Waals surface area contributed by atoms with Gasteiger partial charge in [-0.05, 0) is 33.1 Å². The van der Waals surface area contributed by atoms with Crippen molar-refractivity contribution in [2.75, 3.05) is 0 Å². The largest absolute Gasteiger partial charge is 0.481 e. The maximum atomic E-state index is 11.7. The van der Waals surface area contributed by atoms with E-state index in [4.69, 9.17) is 10.8 Å². The first kappa shape index (κ1) is 14.3. The molecule has 0 atom stereocenters. The molecule has 0 aromatic heterocycles. The number of rotatable bonds is 5. The molecule has 0 radical (unpaired) electrons. The Hall–Kier alpha value is -1.79. The van der Waals surface area contributed by atoms with Gasteiger partial charge in [-0.15, -0.1) is 0 Å². The smallest absolute Gasteiger partial charge is 0.316 e. The molecule has 1 aliphatic rings. The highest BCUT2D eigenvalue weighted by molar-refractivity contribution is 5.89. The average Bonchev–Trinajstić information content (AvgIpc) is 2.12. The van der Waals surface area contributed by atoms with Gasteiger partial charge in [0.25, 0.3) is 0 Å². The average molecular weight is 257 g/mol. The standard InChI is InChI=1S/C11H19N3O4/c1-10(2,8(12)17)13-9(18)14-11(4-3-5-11)6-7(15)16/h3-6H2,1-2H3,(H2,12,17)(H,15,16)(H2,13,14,18). The summed E-state index contributed by atoms with van der Waals surface area (Å²) >= 11 is 0. The lowest BCUT2D eigenvalue weighted by Crippen LogP contribution is -2.62. The molecule has 0 aromatic carbocycles. The van der Waals surface area contributed by atoms with Crippen molar-refractivity contribution >= 4 is 17.9 Å². The molecule has 102 valence electrons. The SMILES string of the molecule is CC(C)(NC(=O)NC1(CC(=O)O)CCC1)C(N)=O. The highest BCUT2D eigenvalue weighted by Gasteiger charge is 2.41. The molecule has 0 unspecified atom stereocenters. The third kappa shape index (κ3) is 3.35. The third-order valence-electron chi connectivity index (χ3n) is 3.22. The molecule has 5 N–H and O–H groups in total. The molecule has 0 aliphatic heterocycles. The molecule has 0 aromatic rings. The van der Waals surface area contributed by atoms with Crippen LogP contribution in [-0.2, 0) is 9.59 Å². The number of hydrogen-bond acceptors (Lipinski definition) is 3. The van der Waals surface area contributed by atoms with Gasteiger partial charge in [-0.25, -0.2) is 4.79 Å². The van der Waals surface area contributed by atoms with Gasteiger partial charge in [0.1, 0.15) is 5.54 Å². The van der Waals surface area contributed by atoms with Gasteiger partial charge in [-0.1, -0.05) is 0 Å². The Bertz CT molecular complexity index is 374. The van der Waals surface area contributed by atoms with Gasteiger partial charge in [0.05, 0.1) is 12.0 Å². The molecule has 0 heterocycles. The number of carboxylic acid groups (broad SMARTS) is 1. The minimum Gasteiger partial charge on any atom is -0.481 e. The van der Waals surface area contributed by atoms with E-state index in [2.05, 4.69) is 10.6 Å². The fourth-order valence-electron chi connectivity index (χ4n) is 1.86. The van der Waals surface area contributed by atoms with Crippen molar-refractivity contribution in [3.63, 3.8) is 0 Å². The Labute approximate surface area is 105 Å². The van der Waals surface area contributed by atoms with Crippen LogP contribution in [0.4, 0.5) is 4.79 Å². The lowest BCUT2D eigenvalue weighted by molar-refractivity contribution is -0.139. The second-order valence-corrected chi connectivity index (χ2v) is 5.27. The van der Waals surface area contributed by atoms with E-state index in [-0.39, 0.29) is 6.42 Å². The Morgan fingerprint density at radius 2 is 1.89 bits per heavy atom. The number of aliphatic carboxylic acids is 1. The molecule has 0 spiro atoms. The van der Waals surface area contributed by atoms with E-state index in [1.165, 1.54) is 13.8 Å². The summed E-state index contributed by atoms with van der Waals surface area (Å²) in [5.41, 5.74) is 3.27. The number of nitrogens with one attached hydrogen (secondary N) is 2. The number of carbonyl (C=O) groups is 3. The van der Waals surface area contributed by atoms with E-state index >= 15 is 0 Å². The summed E-state index contributed by atoms with van der Waals surface area (Å²) in [7, 11) is 0. The minimum atomic E-state index is -1.17. The Morgan fingerprint density at radius 1 is 1.33 bits per heavy atom. The fraction of sp³-hybridized carbons (Fsp3) is 0.727. The number of nitrogens with two attached hydrogens (primary N) is 1. The van der Waals surface area contributed by atoms with Gasteiger partial charge in [0.2, 0.25) is 5.91 Å². The normalized spacial score (nSPS) is 17.4. The topological polar surface area (TPSA) is 122 Å². The quantitative estimate of drug-likeness (QED) is 0.551. The summed E-state index contributed by atoms with van der Waals surface area (Å²) in [6.07, 6.45) is 2.03. The molecule has 18 heavy (non-hydrogen) atoms. The summed E-state index contributed by atoms with van der Waals surface area (Å²) < 4.78 is 0. The molecule has 1 fully saturated rings. The van der Waals surface area contributed by atoms with Gasteiger partial charge >= 0.3 is 12.0 Å². The van der Waals surface area contributed by atoms with Crippen LogP contribution >= 0.6 is 0 Å². The van der Waals surface area contributed by atoms with Crippen molar-refractivity contribution in [1.29, 1.82) is 0 Å². The molecule has 7 heteroatoms. The molecular weight excluding hydrogens is 238 g/mol. The van der Waals surface area contributed by atoms with Crippen LogP contribution in [0.1, 0.15) is 39.5 Å². The maximum Gasteiger partial charge on any atom is 0.316 e. The minimum absolute atomic E-state index is 0.114. The Morgan fingerprint density at radius 3 is 2.22 bits per heavy atom. The molecule has 1 rings (SSSR count). The van der Waals surface area contributed by atoms with Crippen LogP contribution in [-0.4, -0.2) is 34.1 Å². The van der Waals surface area contributed by atoms with Crippen LogP contribution in [0.5, 0.6) is 0 Å². The van der Waals surface area contributed by atoms with Gasteiger partial charge in [0, 0.05) is 0 Å². The van der Waals surface area contributed by atoms with Gasteiger partial charge in [-0.2, -0.15) is 0 Å². The van der Waals surface area contributed by atoms with Crippen LogP contribution in [0.3, 0.4) is 0 Å². The van der Waals surface area contributed by atoms with E-state index in [1.807, 2.05) is 0 Å². The van der Waals surface area contributed by atoms with Crippen molar-refractivity contribution in [3.05, 3.63) is 0 Å². The van der Waals surface area contributed by atoms with Crippen LogP contribution in [0.2, 0.25) is 0 Å². The predicted molar refractivity (Wildman–Crippen MR) is 63.8 cm³/mol. The molecule has 1 saturated carbocycles. The molecule has 0 saturated heterocycles. The third-order valence-corrected chi connectivity index (χ3v) is 3.22. The van der Waals surface area contributed by atoms with E-state index in [9.17, 15) is 14.4 Å². The first-order valence-corrected chi connectivity index (χ1v) is 5.79. The molecule has 1 aliphatic carbocycles. The molecular formula is C11H19N3O4. The first-order valence-electron chi connectivity index (χ1n) is 5.79. The number of carboxylic acids is 1. The summed E-state index contributed by atoms with van der Waals surface area (Å²) in [5.74, 6) is -1.61. The maximum absolute atomic E-state index is 11.7. The van der Waals surface area contributed by atoms with E-state index in [1.54, 1.807) is 0 Å². The molecule has 3 amide bonds. The van der Waals surface area contributed by atoms with Gasteiger partial charge in [0.15, 0.2) is 0 Å². The summed E-state index contributed by atoms with van der Waals surface area (Å²) in [6, 6.07) is -0.570. The second kappa shape index (κ2) is 4.83. The van der Waals surface area contributed by atoms with E-state index < -0.39 is 29.0 Å².